The molecule has 2 rings (SSSR count). The average molecular weight is 246 g/mol. The van der Waals surface area contributed by atoms with Gasteiger partial charge in [-0.25, -0.2) is 0 Å². The number of rotatable bonds is 1. The Hall–Kier alpha value is -2.22. The molecule has 1 aromatic carbocycles. The Kier molecular flexibility index (Phi) is 3.38. The van der Waals surface area contributed by atoms with E-state index < -0.39 is 6.04 Å². The van der Waals surface area contributed by atoms with E-state index in [2.05, 4.69) is 6.07 Å². The van der Waals surface area contributed by atoms with Crippen LogP contribution in [0.3, 0.4) is 0 Å². The number of phenols is 2. The molecule has 1 heterocycles. The highest BCUT2D eigenvalue weighted by atomic mass is 16.3. The van der Waals surface area contributed by atoms with Crippen molar-refractivity contribution in [3.8, 4) is 17.6 Å². The lowest BCUT2D eigenvalue weighted by Crippen LogP contribution is -2.42. The average Bonchev–Trinajstić information content (AvgIpc) is 2.36. The molecule has 1 aliphatic heterocycles. The van der Waals surface area contributed by atoms with E-state index in [9.17, 15) is 15.0 Å². The summed E-state index contributed by atoms with van der Waals surface area (Å²) in [6.07, 6.45) is 2.48. The Morgan fingerprint density at radius 3 is 2.56 bits per heavy atom. The van der Waals surface area contributed by atoms with E-state index >= 15 is 0 Å². The van der Waals surface area contributed by atoms with E-state index in [1.54, 1.807) is 0 Å². The normalized spacial score (nSPS) is 19.3. The molecule has 1 atom stereocenters. The number of carbonyl (C=O) groups excluding carboxylic acids is 1. The lowest BCUT2D eigenvalue weighted by molar-refractivity contribution is 0.0669. The largest absolute Gasteiger partial charge is 0.508 e. The molecule has 2 N–H and O–H groups in total. The van der Waals surface area contributed by atoms with Crippen LogP contribution in [0, 0.1) is 11.3 Å². The van der Waals surface area contributed by atoms with Crippen molar-refractivity contribution in [2.24, 2.45) is 0 Å². The van der Waals surface area contributed by atoms with Gasteiger partial charge < -0.3 is 15.1 Å². The van der Waals surface area contributed by atoms with Crippen molar-refractivity contribution in [1.82, 2.24) is 4.90 Å². The number of aromatic hydroxyl groups is 2. The summed E-state index contributed by atoms with van der Waals surface area (Å²) in [5.74, 6) is -0.653. The standard InChI is InChI=1S/C13H14N2O3/c14-8-10-3-1-2-4-15(10)13(18)9-5-11(16)7-12(17)6-9/h5-7,10,16-17H,1-4H2. The number of carbonyl (C=O) groups is 1. The zero-order chi connectivity index (χ0) is 13.1. The Morgan fingerprint density at radius 1 is 1.28 bits per heavy atom. The number of hydrogen-bond acceptors (Lipinski definition) is 4. The maximum atomic E-state index is 12.2. The molecule has 1 fully saturated rings. The Morgan fingerprint density at radius 2 is 1.94 bits per heavy atom. The SMILES string of the molecule is N#CC1CCCCN1C(=O)c1cc(O)cc(O)c1. The fraction of sp³-hybridized carbons (Fsp3) is 0.385. The summed E-state index contributed by atoms with van der Waals surface area (Å²) in [4.78, 5) is 13.7. The molecule has 5 heteroatoms. The highest BCUT2D eigenvalue weighted by molar-refractivity contribution is 5.95. The highest BCUT2D eigenvalue weighted by Gasteiger charge is 2.27. The van der Waals surface area contributed by atoms with E-state index in [0.717, 1.165) is 18.9 Å². The number of phenolic OH excluding ortho intramolecular Hbond substituents is 2. The molecule has 0 saturated carbocycles. The minimum atomic E-state index is -0.421. The highest BCUT2D eigenvalue weighted by Crippen LogP contribution is 2.24. The van der Waals surface area contributed by atoms with Crippen molar-refractivity contribution in [3.05, 3.63) is 23.8 Å². The van der Waals surface area contributed by atoms with Crippen LogP contribution in [0.15, 0.2) is 18.2 Å². The zero-order valence-electron chi connectivity index (χ0n) is 9.83. The summed E-state index contributed by atoms with van der Waals surface area (Å²) in [5, 5.41) is 27.8. The third kappa shape index (κ3) is 2.38. The molecule has 0 radical (unpaired) electrons. The molecular formula is C13H14N2O3. The number of piperidine rings is 1. The predicted molar refractivity (Wildman–Crippen MR) is 64.1 cm³/mol. The monoisotopic (exact) mass is 246 g/mol. The van der Waals surface area contributed by atoms with E-state index in [1.165, 1.54) is 17.0 Å². The van der Waals surface area contributed by atoms with Gasteiger partial charge in [0.05, 0.1) is 6.07 Å². The van der Waals surface area contributed by atoms with Crippen molar-refractivity contribution in [2.75, 3.05) is 6.54 Å². The molecule has 1 aromatic rings. The smallest absolute Gasteiger partial charge is 0.255 e. The molecule has 1 aliphatic rings. The fourth-order valence-corrected chi connectivity index (χ4v) is 2.19. The van der Waals surface area contributed by atoms with Crippen LogP contribution in [0.4, 0.5) is 0 Å². The molecule has 94 valence electrons. The molecule has 0 aromatic heterocycles. The first-order valence-electron chi connectivity index (χ1n) is 5.85. The lowest BCUT2D eigenvalue weighted by atomic mass is 10.0. The Labute approximate surface area is 105 Å². The van der Waals surface area contributed by atoms with E-state index in [0.29, 0.717) is 13.0 Å². The van der Waals surface area contributed by atoms with Crippen LogP contribution in [0.1, 0.15) is 29.6 Å². The van der Waals surface area contributed by atoms with Crippen molar-refractivity contribution >= 4 is 5.91 Å². The third-order valence-electron chi connectivity index (χ3n) is 3.06. The summed E-state index contributed by atoms with van der Waals surface area (Å²) in [6, 6.07) is 5.45. The summed E-state index contributed by atoms with van der Waals surface area (Å²) < 4.78 is 0. The molecule has 0 bridgehead atoms. The molecule has 1 unspecified atom stereocenters. The molecule has 0 aliphatic carbocycles. The maximum absolute atomic E-state index is 12.2. The van der Waals surface area contributed by atoms with E-state index in [1.807, 2.05) is 0 Å². The van der Waals surface area contributed by atoms with Gasteiger partial charge in [-0.15, -0.1) is 0 Å². The number of nitrogens with zero attached hydrogens (tertiary/aromatic N) is 2. The predicted octanol–water partition coefficient (Wildman–Crippen LogP) is 1.62. The number of likely N-dealkylation sites (tertiary alicyclic amines) is 1. The van der Waals surface area contributed by atoms with Gasteiger partial charge in [-0.2, -0.15) is 5.26 Å². The summed E-state index contributed by atoms with van der Waals surface area (Å²) in [6.45, 7) is 0.535. The van der Waals surface area contributed by atoms with Crippen LogP contribution in [0.2, 0.25) is 0 Å². The van der Waals surface area contributed by atoms with Gasteiger partial charge in [-0.1, -0.05) is 0 Å². The van der Waals surface area contributed by atoms with Crippen molar-refractivity contribution in [3.63, 3.8) is 0 Å². The molecular weight excluding hydrogens is 232 g/mol. The summed E-state index contributed by atoms with van der Waals surface area (Å²) >= 11 is 0. The number of benzene rings is 1. The van der Waals surface area contributed by atoms with Gasteiger partial charge in [0.25, 0.3) is 5.91 Å². The minimum absolute atomic E-state index is 0.163. The first-order valence-corrected chi connectivity index (χ1v) is 5.85. The quantitative estimate of drug-likeness (QED) is 0.788. The fourth-order valence-electron chi connectivity index (χ4n) is 2.19. The van der Waals surface area contributed by atoms with Gasteiger partial charge in [0.15, 0.2) is 0 Å². The first kappa shape index (κ1) is 12.2. The van der Waals surface area contributed by atoms with Gasteiger partial charge >= 0.3 is 0 Å². The van der Waals surface area contributed by atoms with Gasteiger partial charge in [0, 0.05) is 18.2 Å². The van der Waals surface area contributed by atoms with Gasteiger partial charge in [-0.3, -0.25) is 4.79 Å². The van der Waals surface area contributed by atoms with Crippen LogP contribution in [0.25, 0.3) is 0 Å². The second-order valence-electron chi connectivity index (χ2n) is 4.38. The Balaban J connectivity index is 2.27. The Bertz CT molecular complexity index is 487. The maximum Gasteiger partial charge on any atom is 0.255 e. The number of hydrogen-bond donors (Lipinski definition) is 2. The second-order valence-corrected chi connectivity index (χ2v) is 4.38. The van der Waals surface area contributed by atoms with Crippen molar-refractivity contribution in [1.29, 1.82) is 5.26 Å². The second kappa shape index (κ2) is 4.96. The van der Waals surface area contributed by atoms with E-state index in [4.69, 9.17) is 5.26 Å². The van der Waals surface area contributed by atoms with Crippen LogP contribution in [0.5, 0.6) is 11.5 Å². The van der Waals surface area contributed by atoms with Crippen LogP contribution in [-0.2, 0) is 0 Å². The van der Waals surface area contributed by atoms with Crippen LogP contribution in [-0.4, -0.2) is 33.6 Å². The van der Waals surface area contributed by atoms with Crippen molar-refractivity contribution < 1.29 is 15.0 Å². The topological polar surface area (TPSA) is 84.6 Å². The van der Waals surface area contributed by atoms with Crippen LogP contribution < -0.4 is 0 Å². The minimum Gasteiger partial charge on any atom is -0.508 e. The third-order valence-corrected chi connectivity index (χ3v) is 3.06. The van der Waals surface area contributed by atoms with Crippen LogP contribution >= 0.6 is 0 Å². The van der Waals surface area contributed by atoms with Crippen molar-refractivity contribution in [2.45, 2.75) is 25.3 Å². The number of amides is 1. The molecule has 0 spiro atoms. The molecule has 18 heavy (non-hydrogen) atoms. The molecule has 1 amide bonds. The number of nitriles is 1. The zero-order valence-corrected chi connectivity index (χ0v) is 9.83. The van der Waals surface area contributed by atoms with Gasteiger partial charge in [0.1, 0.15) is 17.5 Å². The molecule has 5 nitrogen and oxygen atoms in total. The van der Waals surface area contributed by atoms with Gasteiger partial charge in [-0.05, 0) is 31.4 Å². The van der Waals surface area contributed by atoms with E-state index in [-0.39, 0.29) is 23.0 Å². The first-order chi connectivity index (χ1) is 8.61. The summed E-state index contributed by atoms with van der Waals surface area (Å²) in [5.41, 5.74) is 0.203. The lowest BCUT2D eigenvalue weighted by Gasteiger charge is -2.31. The summed E-state index contributed by atoms with van der Waals surface area (Å²) in [7, 11) is 0. The van der Waals surface area contributed by atoms with Gasteiger partial charge in [0.2, 0.25) is 0 Å². The molecule has 1 saturated heterocycles.